The summed E-state index contributed by atoms with van der Waals surface area (Å²) >= 11 is 0. The Hall–Kier alpha value is -2.61. The van der Waals surface area contributed by atoms with Crippen molar-refractivity contribution in [3.63, 3.8) is 0 Å². The van der Waals surface area contributed by atoms with Crippen molar-refractivity contribution in [3.8, 4) is 11.3 Å². The third-order valence-electron chi connectivity index (χ3n) is 5.77. The van der Waals surface area contributed by atoms with Gasteiger partial charge < -0.3 is 9.64 Å². The zero-order valence-electron chi connectivity index (χ0n) is 15.4. The van der Waals surface area contributed by atoms with Gasteiger partial charge in [0.05, 0.1) is 17.9 Å². The molecule has 1 aliphatic carbocycles. The monoisotopic (exact) mass is 385 g/mol. The zero-order valence-corrected chi connectivity index (χ0v) is 15.4. The van der Waals surface area contributed by atoms with Gasteiger partial charge in [0.1, 0.15) is 12.1 Å². The number of anilines is 1. The summed E-state index contributed by atoms with van der Waals surface area (Å²) in [6, 6.07) is 11.9. The van der Waals surface area contributed by atoms with Crippen LogP contribution in [0.2, 0.25) is 0 Å². The summed E-state index contributed by atoms with van der Waals surface area (Å²) in [7, 11) is 0. The molecular weight excluding hydrogens is 364 g/mol. The maximum atomic E-state index is 13.6. The van der Waals surface area contributed by atoms with Gasteiger partial charge in [-0.25, -0.2) is 8.78 Å². The van der Waals surface area contributed by atoms with Crippen LogP contribution in [0.3, 0.4) is 0 Å². The molecule has 1 spiro atoms. The standard InChI is InChI=1S/C20H21F2N5O/c21-20(22)8-6-19(7-9-20)13-26(10-11-28-19)17-12-16(15-4-2-1-3-5-15)27-18(25-17)23-14-24-27/h1-5,12,14H,6-11,13H2. The second kappa shape index (κ2) is 6.48. The molecule has 0 atom stereocenters. The van der Waals surface area contributed by atoms with Crippen LogP contribution in [0.25, 0.3) is 17.0 Å². The molecule has 1 saturated carbocycles. The van der Waals surface area contributed by atoms with Crippen molar-refractivity contribution >= 4 is 11.6 Å². The second-order valence-corrected chi connectivity index (χ2v) is 7.65. The minimum absolute atomic E-state index is 0.118. The van der Waals surface area contributed by atoms with Crippen molar-refractivity contribution in [2.24, 2.45) is 0 Å². The smallest absolute Gasteiger partial charge is 0.254 e. The summed E-state index contributed by atoms with van der Waals surface area (Å²) in [5.41, 5.74) is 1.39. The van der Waals surface area contributed by atoms with Gasteiger partial charge in [-0.1, -0.05) is 30.3 Å². The molecule has 146 valence electrons. The molecule has 0 radical (unpaired) electrons. The largest absolute Gasteiger partial charge is 0.371 e. The first kappa shape index (κ1) is 17.5. The Balaban J connectivity index is 1.49. The van der Waals surface area contributed by atoms with Crippen LogP contribution in [0.5, 0.6) is 0 Å². The predicted octanol–water partition coefficient (Wildman–Crippen LogP) is 3.58. The van der Waals surface area contributed by atoms with Crippen LogP contribution in [0.15, 0.2) is 42.7 Å². The number of aromatic nitrogens is 4. The highest BCUT2D eigenvalue weighted by Crippen LogP contribution is 2.42. The molecule has 3 heterocycles. The lowest BCUT2D eigenvalue weighted by atomic mass is 9.81. The van der Waals surface area contributed by atoms with Crippen LogP contribution >= 0.6 is 0 Å². The van der Waals surface area contributed by atoms with Gasteiger partial charge in [-0.05, 0) is 12.8 Å². The van der Waals surface area contributed by atoms with E-state index in [4.69, 9.17) is 4.74 Å². The average molecular weight is 385 g/mol. The van der Waals surface area contributed by atoms with E-state index in [0.29, 0.717) is 38.3 Å². The highest BCUT2D eigenvalue weighted by molar-refractivity contribution is 5.66. The van der Waals surface area contributed by atoms with E-state index in [2.05, 4.69) is 20.0 Å². The number of hydrogen-bond acceptors (Lipinski definition) is 5. The van der Waals surface area contributed by atoms with Crippen molar-refractivity contribution in [1.29, 1.82) is 0 Å². The van der Waals surface area contributed by atoms with Gasteiger partial charge in [-0.15, -0.1) is 0 Å². The Morgan fingerprint density at radius 2 is 1.82 bits per heavy atom. The minimum Gasteiger partial charge on any atom is -0.371 e. The quantitative estimate of drug-likeness (QED) is 0.675. The zero-order chi connectivity index (χ0) is 19.2. The third-order valence-corrected chi connectivity index (χ3v) is 5.77. The van der Waals surface area contributed by atoms with Crippen molar-refractivity contribution in [1.82, 2.24) is 19.6 Å². The van der Waals surface area contributed by atoms with E-state index in [0.717, 1.165) is 17.1 Å². The number of alkyl halides is 2. The Morgan fingerprint density at radius 1 is 1.04 bits per heavy atom. The highest BCUT2D eigenvalue weighted by atomic mass is 19.3. The molecular formula is C20H21F2N5O. The van der Waals surface area contributed by atoms with Crippen molar-refractivity contribution in [2.45, 2.75) is 37.2 Å². The van der Waals surface area contributed by atoms with Crippen LogP contribution in [0, 0.1) is 0 Å². The number of rotatable bonds is 2. The van der Waals surface area contributed by atoms with E-state index in [9.17, 15) is 8.78 Å². The predicted molar refractivity (Wildman–Crippen MR) is 101 cm³/mol. The Kier molecular flexibility index (Phi) is 4.04. The summed E-state index contributed by atoms with van der Waals surface area (Å²) in [6.07, 6.45) is 1.99. The Labute approximate surface area is 161 Å². The van der Waals surface area contributed by atoms with Crippen LogP contribution in [0.1, 0.15) is 25.7 Å². The van der Waals surface area contributed by atoms with Gasteiger partial charge in [0.25, 0.3) is 5.78 Å². The van der Waals surface area contributed by atoms with E-state index in [1.807, 2.05) is 36.4 Å². The van der Waals surface area contributed by atoms with Crippen LogP contribution in [0.4, 0.5) is 14.6 Å². The fourth-order valence-electron chi connectivity index (χ4n) is 4.19. The molecule has 0 unspecified atom stereocenters. The number of hydrogen-bond donors (Lipinski definition) is 0. The van der Waals surface area contributed by atoms with E-state index in [-0.39, 0.29) is 12.8 Å². The number of nitrogens with zero attached hydrogens (tertiary/aromatic N) is 5. The molecule has 0 amide bonds. The maximum Gasteiger partial charge on any atom is 0.254 e. The molecule has 2 aliphatic rings. The average Bonchev–Trinajstić information content (AvgIpc) is 3.19. The maximum absolute atomic E-state index is 13.6. The van der Waals surface area contributed by atoms with Crippen LogP contribution in [-0.2, 0) is 4.74 Å². The Morgan fingerprint density at radius 3 is 2.61 bits per heavy atom. The highest BCUT2D eigenvalue weighted by Gasteiger charge is 2.46. The van der Waals surface area contributed by atoms with Gasteiger partial charge in [0, 0.05) is 37.6 Å². The fourth-order valence-corrected chi connectivity index (χ4v) is 4.19. The van der Waals surface area contributed by atoms with Gasteiger partial charge in [-0.2, -0.15) is 19.6 Å². The molecule has 8 heteroatoms. The molecule has 2 fully saturated rings. The van der Waals surface area contributed by atoms with E-state index < -0.39 is 11.5 Å². The topological polar surface area (TPSA) is 55.5 Å². The third kappa shape index (κ3) is 3.11. The second-order valence-electron chi connectivity index (χ2n) is 7.65. The lowest BCUT2D eigenvalue weighted by molar-refractivity contribution is -0.136. The molecule has 6 nitrogen and oxygen atoms in total. The summed E-state index contributed by atoms with van der Waals surface area (Å²) in [5.74, 6) is -1.28. The molecule has 28 heavy (non-hydrogen) atoms. The first-order valence-electron chi connectivity index (χ1n) is 9.57. The van der Waals surface area contributed by atoms with Gasteiger partial charge in [0.2, 0.25) is 5.92 Å². The number of halogens is 2. The van der Waals surface area contributed by atoms with Crippen LogP contribution in [-0.4, -0.2) is 50.8 Å². The lowest BCUT2D eigenvalue weighted by Gasteiger charge is -2.46. The molecule has 1 aliphatic heterocycles. The van der Waals surface area contributed by atoms with Crippen molar-refractivity contribution < 1.29 is 13.5 Å². The van der Waals surface area contributed by atoms with Crippen LogP contribution < -0.4 is 4.90 Å². The van der Waals surface area contributed by atoms with Gasteiger partial charge in [0.15, 0.2) is 0 Å². The van der Waals surface area contributed by atoms with Crippen molar-refractivity contribution in [3.05, 3.63) is 42.7 Å². The normalized spacial score (nSPS) is 21.3. The summed E-state index contributed by atoms with van der Waals surface area (Å²) in [4.78, 5) is 11.1. The SMILES string of the molecule is FC1(F)CCC2(CC1)CN(c1cc(-c3ccccc3)n3ncnc3n1)CCO2. The van der Waals surface area contributed by atoms with Crippen molar-refractivity contribution in [2.75, 3.05) is 24.6 Å². The van der Waals surface area contributed by atoms with Gasteiger partial charge in [-0.3, -0.25) is 0 Å². The molecule has 0 N–H and O–H groups in total. The fraction of sp³-hybridized carbons (Fsp3) is 0.450. The van der Waals surface area contributed by atoms with Gasteiger partial charge >= 0.3 is 0 Å². The number of ether oxygens (including phenoxy) is 1. The first-order valence-corrected chi connectivity index (χ1v) is 9.57. The number of fused-ring (bicyclic) bond motifs is 1. The van der Waals surface area contributed by atoms with E-state index >= 15 is 0 Å². The summed E-state index contributed by atoms with van der Waals surface area (Å²) in [6.45, 7) is 1.74. The molecule has 2 aromatic heterocycles. The summed E-state index contributed by atoms with van der Waals surface area (Å²) in [5, 5.41) is 4.30. The lowest BCUT2D eigenvalue weighted by Crippen LogP contribution is -2.55. The van der Waals surface area contributed by atoms with E-state index in [1.165, 1.54) is 6.33 Å². The molecule has 1 aromatic carbocycles. The molecule has 0 bridgehead atoms. The Bertz CT molecular complexity index is 981. The first-order chi connectivity index (χ1) is 13.5. The number of benzene rings is 1. The molecule has 5 rings (SSSR count). The van der Waals surface area contributed by atoms with E-state index in [1.54, 1.807) is 4.52 Å². The number of morpholine rings is 1. The molecule has 3 aromatic rings. The minimum atomic E-state index is -2.57. The molecule has 1 saturated heterocycles. The summed E-state index contributed by atoms with van der Waals surface area (Å²) < 4.78 is 35.0.